The third-order valence-electron chi connectivity index (χ3n) is 3.54. The number of piperidine rings is 1. The number of hydrogen-bond donors (Lipinski definition) is 1. The summed E-state index contributed by atoms with van der Waals surface area (Å²) in [6.07, 6.45) is 2.03. The third kappa shape index (κ3) is 5.47. The SMILES string of the molecule is CCOCCOC1CCN(C(=O)[C@H](N)C(C)C)CC1. The van der Waals surface area contributed by atoms with E-state index >= 15 is 0 Å². The lowest BCUT2D eigenvalue weighted by atomic mass is 10.0. The molecule has 5 heteroatoms. The molecule has 1 rings (SSSR count). The van der Waals surface area contributed by atoms with Crippen LogP contribution in [0.4, 0.5) is 0 Å². The maximum absolute atomic E-state index is 12.1. The standard InChI is InChI=1S/C14H28N2O3/c1-4-18-9-10-19-12-5-7-16(8-6-12)14(17)13(15)11(2)3/h11-13H,4-10,15H2,1-3H3/t13-/m1/s1. The number of nitrogens with two attached hydrogens (primary N) is 1. The van der Waals surface area contributed by atoms with Crippen LogP contribution >= 0.6 is 0 Å². The Kier molecular flexibility index (Phi) is 7.34. The van der Waals surface area contributed by atoms with E-state index in [2.05, 4.69) is 0 Å². The van der Waals surface area contributed by atoms with Gasteiger partial charge >= 0.3 is 0 Å². The minimum atomic E-state index is -0.379. The average Bonchev–Trinajstić information content (AvgIpc) is 2.42. The van der Waals surface area contributed by atoms with E-state index in [1.54, 1.807) is 0 Å². The van der Waals surface area contributed by atoms with E-state index in [1.807, 2.05) is 25.7 Å². The van der Waals surface area contributed by atoms with Crippen molar-refractivity contribution in [3.8, 4) is 0 Å². The summed E-state index contributed by atoms with van der Waals surface area (Å²) < 4.78 is 11.0. The molecule has 0 aliphatic carbocycles. The summed E-state index contributed by atoms with van der Waals surface area (Å²) in [4.78, 5) is 14.0. The maximum atomic E-state index is 12.1. The van der Waals surface area contributed by atoms with Crippen LogP contribution in [0.5, 0.6) is 0 Å². The predicted octanol–water partition coefficient (Wildman–Crippen LogP) is 1.01. The van der Waals surface area contributed by atoms with Gasteiger partial charge in [-0.05, 0) is 25.7 Å². The Balaban J connectivity index is 2.23. The molecule has 0 bridgehead atoms. The van der Waals surface area contributed by atoms with E-state index < -0.39 is 0 Å². The molecular weight excluding hydrogens is 244 g/mol. The van der Waals surface area contributed by atoms with Crippen LogP contribution in [0, 0.1) is 5.92 Å². The molecule has 0 aromatic carbocycles. The van der Waals surface area contributed by atoms with Crippen LogP contribution in [0.1, 0.15) is 33.6 Å². The van der Waals surface area contributed by atoms with Crippen molar-refractivity contribution in [2.45, 2.75) is 45.8 Å². The Labute approximate surface area is 116 Å². The molecule has 1 aliphatic heterocycles. The van der Waals surface area contributed by atoms with E-state index in [1.165, 1.54) is 0 Å². The molecule has 0 spiro atoms. The van der Waals surface area contributed by atoms with Crippen molar-refractivity contribution in [3.63, 3.8) is 0 Å². The number of carbonyl (C=O) groups is 1. The highest BCUT2D eigenvalue weighted by atomic mass is 16.5. The number of carbonyl (C=O) groups excluding carboxylic acids is 1. The van der Waals surface area contributed by atoms with Crippen LogP contribution in [0.2, 0.25) is 0 Å². The van der Waals surface area contributed by atoms with Gasteiger partial charge in [0.2, 0.25) is 5.91 Å². The van der Waals surface area contributed by atoms with Gasteiger partial charge in [-0.3, -0.25) is 4.79 Å². The zero-order valence-electron chi connectivity index (χ0n) is 12.4. The van der Waals surface area contributed by atoms with Gasteiger partial charge in [0.15, 0.2) is 0 Å². The van der Waals surface area contributed by atoms with Crippen molar-refractivity contribution >= 4 is 5.91 Å². The van der Waals surface area contributed by atoms with Gasteiger partial charge in [0.05, 0.1) is 25.4 Å². The van der Waals surface area contributed by atoms with Crippen molar-refractivity contribution in [2.75, 3.05) is 32.9 Å². The molecule has 1 amide bonds. The number of amides is 1. The Morgan fingerprint density at radius 3 is 2.47 bits per heavy atom. The lowest BCUT2D eigenvalue weighted by molar-refractivity contribution is -0.136. The second kappa shape index (κ2) is 8.51. The van der Waals surface area contributed by atoms with Crippen LogP contribution in [-0.4, -0.2) is 55.9 Å². The number of ether oxygens (including phenoxy) is 2. The Morgan fingerprint density at radius 2 is 1.95 bits per heavy atom. The first-order valence-corrected chi connectivity index (χ1v) is 7.30. The minimum Gasteiger partial charge on any atom is -0.379 e. The van der Waals surface area contributed by atoms with Crippen LogP contribution in [0.15, 0.2) is 0 Å². The van der Waals surface area contributed by atoms with E-state index in [4.69, 9.17) is 15.2 Å². The zero-order valence-corrected chi connectivity index (χ0v) is 12.4. The highest BCUT2D eigenvalue weighted by Gasteiger charge is 2.27. The first kappa shape index (κ1) is 16.4. The van der Waals surface area contributed by atoms with E-state index in [0.717, 1.165) is 32.5 Å². The van der Waals surface area contributed by atoms with Crippen molar-refractivity contribution in [3.05, 3.63) is 0 Å². The molecule has 1 fully saturated rings. The molecule has 0 radical (unpaired) electrons. The second-order valence-electron chi connectivity index (χ2n) is 5.36. The first-order valence-electron chi connectivity index (χ1n) is 7.30. The molecular formula is C14H28N2O3. The average molecular weight is 272 g/mol. The number of likely N-dealkylation sites (tertiary alicyclic amines) is 1. The van der Waals surface area contributed by atoms with Gasteiger partial charge in [-0.1, -0.05) is 13.8 Å². The van der Waals surface area contributed by atoms with E-state index in [-0.39, 0.29) is 24.0 Å². The number of nitrogens with zero attached hydrogens (tertiary/aromatic N) is 1. The first-order chi connectivity index (χ1) is 9.06. The third-order valence-corrected chi connectivity index (χ3v) is 3.54. The summed E-state index contributed by atoms with van der Waals surface area (Å²) in [6.45, 7) is 9.44. The van der Waals surface area contributed by atoms with Crippen molar-refractivity contribution in [1.82, 2.24) is 4.90 Å². The van der Waals surface area contributed by atoms with Gasteiger partial charge in [-0.2, -0.15) is 0 Å². The van der Waals surface area contributed by atoms with Crippen molar-refractivity contribution < 1.29 is 14.3 Å². The van der Waals surface area contributed by atoms with E-state index in [0.29, 0.717) is 13.2 Å². The van der Waals surface area contributed by atoms with Gasteiger partial charge in [0.25, 0.3) is 0 Å². The second-order valence-corrected chi connectivity index (χ2v) is 5.36. The summed E-state index contributed by atoms with van der Waals surface area (Å²) in [5.41, 5.74) is 5.90. The molecule has 0 saturated carbocycles. The molecule has 112 valence electrons. The van der Waals surface area contributed by atoms with Gasteiger partial charge < -0.3 is 20.1 Å². The molecule has 1 heterocycles. The fraction of sp³-hybridized carbons (Fsp3) is 0.929. The van der Waals surface area contributed by atoms with Crippen LogP contribution < -0.4 is 5.73 Å². The summed E-state index contributed by atoms with van der Waals surface area (Å²) >= 11 is 0. The van der Waals surface area contributed by atoms with Crippen molar-refractivity contribution in [1.29, 1.82) is 0 Å². The molecule has 0 aromatic heterocycles. The van der Waals surface area contributed by atoms with Gasteiger partial charge in [-0.15, -0.1) is 0 Å². The highest BCUT2D eigenvalue weighted by Crippen LogP contribution is 2.15. The summed E-state index contributed by atoms with van der Waals surface area (Å²) in [5.74, 6) is 0.260. The lowest BCUT2D eigenvalue weighted by Crippen LogP contribution is -2.50. The molecule has 2 N–H and O–H groups in total. The van der Waals surface area contributed by atoms with Gasteiger partial charge in [0.1, 0.15) is 0 Å². The molecule has 0 aromatic rings. The van der Waals surface area contributed by atoms with Crippen LogP contribution in [-0.2, 0) is 14.3 Å². The normalized spacial score (nSPS) is 18.9. The highest BCUT2D eigenvalue weighted by molar-refractivity contribution is 5.82. The minimum absolute atomic E-state index is 0.0720. The van der Waals surface area contributed by atoms with E-state index in [9.17, 15) is 4.79 Å². The molecule has 1 aliphatic rings. The number of rotatable bonds is 7. The van der Waals surface area contributed by atoms with Gasteiger partial charge in [-0.25, -0.2) is 0 Å². The monoisotopic (exact) mass is 272 g/mol. The Bertz CT molecular complexity index is 263. The topological polar surface area (TPSA) is 64.8 Å². The molecule has 1 atom stereocenters. The summed E-state index contributed by atoms with van der Waals surface area (Å²) in [6, 6.07) is -0.379. The molecule has 5 nitrogen and oxygen atoms in total. The molecule has 0 unspecified atom stereocenters. The summed E-state index contributed by atoms with van der Waals surface area (Å²) in [7, 11) is 0. The molecule has 19 heavy (non-hydrogen) atoms. The Morgan fingerprint density at radius 1 is 1.32 bits per heavy atom. The van der Waals surface area contributed by atoms with Crippen LogP contribution in [0.3, 0.4) is 0 Å². The largest absolute Gasteiger partial charge is 0.379 e. The maximum Gasteiger partial charge on any atom is 0.239 e. The van der Waals surface area contributed by atoms with Gasteiger partial charge in [0, 0.05) is 19.7 Å². The summed E-state index contributed by atoms with van der Waals surface area (Å²) in [5, 5.41) is 0. The lowest BCUT2D eigenvalue weighted by Gasteiger charge is -2.34. The smallest absolute Gasteiger partial charge is 0.239 e. The fourth-order valence-electron chi connectivity index (χ4n) is 2.16. The quantitative estimate of drug-likeness (QED) is 0.703. The van der Waals surface area contributed by atoms with Crippen molar-refractivity contribution in [2.24, 2.45) is 11.7 Å². The Hall–Kier alpha value is -0.650. The number of hydrogen-bond acceptors (Lipinski definition) is 4. The molecule has 1 saturated heterocycles. The zero-order chi connectivity index (χ0) is 14.3. The fourth-order valence-corrected chi connectivity index (χ4v) is 2.16. The predicted molar refractivity (Wildman–Crippen MR) is 74.9 cm³/mol. The van der Waals surface area contributed by atoms with Crippen LogP contribution in [0.25, 0.3) is 0 Å².